The lowest BCUT2D eigenvalue weighted by atomic mass is 9.95. The zero-order valence-corrected chi connectivity index (χ0v) is 16.7. The molecule has 29 heavy (non-hydrogen) atoms. The molecule has 2 heterocycles. The molecule has 3 aliphatic rings. The lowest BCUT2D eigenvalue weighted by Crippen LogP contribution is -2.37. The highest BCUT2D eigenvalue weighted by atomic mass is 19.1. The van der Waals surface area contributed by atoms with Crippen LogP contribution in [0.2, 0.25) is 0 Å². The van der Waals surface area contributed by atoms with Gasteiger partial charge in [-0.05, 0) is 46.0 Å². The van der Waals surface area contributed by atoms with Gasteiger partial charge in [0.05, 0.1) is 28.3 Å². The number of hydrogen-bond donors (Lipinski definition) is 3. The number of hydrogen-bond acceptors (Lipinski definition) is 5. The Bertz CT molecular complexity index is 1130. The van der Waals surface area contributed by atoms with Gasteiger partial charge in [0.1, 0.15) is 0 Å². The van der Waals surface area contributed by atoms with Crippen LogP contribution in [0.15, 0.2) is 9.59 Å². The average Bonchev–Trinajstić information content (AvgIpc) is 3.59. The Hall–Kier alpha value is -2.19. The van der Waals surface area contributed by atoms with Crippen LogP contribution in [0.4, 0.5) is 10.1 Å². The molecule has 2 atom stereocenters. The zero-order valence-electron chi connectivity index (χ0n) is 16.7. The summed E-state index contributed by atoms with van der Waals surface area (Å²) < 4.78 is 17.1. The molecule has 0 amide bonds. The van der Waals surface area contributed by atoms with Crippen molar-refractivity contribution in [2.24, 2.45) is 5.92 Å². The Morgan fingerprint density at radius 3 is 2.48 bits per heavy atom. The molecule has 0 spiro atoms. The molecule has 2 aromatic rings. The fourth-order valence-electron chi connectivity index (χ4n) is 5.00. The van der Waals surface area contributed by atoms with E-state index >= 15 is 4.39 Å². The van der Waals surface area contributed by atoms with Gasteiger partial charge in [0, 0.05) is 36.2 Å². The lowest BCUT2D eigenvalue weighted by Gasteiger charge is -2.27. The summed E-state index contributed by atoms with van der Waals surface area (Å²) in [6.45, 7) is 4.32. The molecule has 3 fully saturated rings. The third-order valence-electron chi connectivity index (χ3n) is 6.98. The third-order valence-corrected chi connectivity index (χ3v) is 6.98. The second-order valence-corrected chi connectivity index (χ2v) is 9.04. The topological polar surface area (TPSA) is 98.6 Å². The number of aryl methyl sites for hydroxylation is 2. The van der Waals surface area contributed by atoms with E-state index in [2.05, 4.69) is 4.98 Å². The number of halogens is 1. The van der Waals surface area contributed by atoms with Crippen LogP contribution in [0.1, 0.15) is 49.3 Å². The van der Waals surface area contributed by atoms with Gasteiger partial charge in [-0.1, -0.05) is 0 Å². The molecule has 3 N–H and O–H groups in total. The van der Waals surface area contributed by atoms with Crippen LogP contribution in [0.3, 0.4) is 0 Å². The molecule has 7 nitrogen and oxygen atoms in total. The van der Waals surface area contributed by atoms with Crippen molar-refractivity contribution < 1.29 is 14.6 Å². The second kappa shape index (κ2) is 6.15. The number of rotatable bonds is 4. The highest BCUT2D eigenvalue weighted by Gasteiger charge is 2.51. The van der Waals surface area contributed by atoms with E-state index in [1.807, 2.05) is 4.90 Å². The average molecular weight is 403 g/mol. The smallest absolute Gasteiger partial charge is 0.329 e. The molecule has 1 aromatic carbocycles. The molecule has 156 valence electrons. The molecule has 0 radical (unpaired) electrons. The monoisotopic (exact) mass is 403 g/mol. The number of nitrogens with one attached hydrogen (secondary N) is 1. The Morgan fingerprint density at radius 1 is 1.17 bits per heavy atom. The number of aliphatic hydroxyl groups excluding tert-OH is 1. The maximum atomic E-state index is 15.5. The largest absolute Gasteiger partial charge is 0.390 e. The van der Waals surface area contributed by atoms with Crippen molar-refractivity contribution in [1.82, 2.24) is 9.55 Å². The fourth-order valence-corrected chi connectivity index (χ4v) is 5.00. The number of benzene rings is 1. The molecule has 2 saturated carbocycles. The Labute approximate surface area is 166 Å². The summed E-state index contributed by atoms with van der Waals surface area (Å²) in [5.74, 6) is -0.594. The third kappa shape index (κ3) is 2.76. The molecular formula is C21H26FN3O4. The van der Waals surface area contributed by atoms with Gasteiger partial charge in [0.25, 0.3) is 5.56 Å². The molecule has 8 heteroatoms. The SMILES string of the molecule is Cc1c(F)c(N2CCC(C(O)C3(O)CC3)C2)c(C)c2c1c(=O)[nH]c(=O)n2C1CC1. The summed E-state index contributed by atoms with van der Waals surface area (Å²) in [5.41, 5.74) is -0.270. The number of H-pyrrole nitrogens is 1. The number of anilines is 1. The number of aromatic nitrogens is 2. The van der Waals surface area contributed by atoms with E-state index in [4.69, 9.17) is 0 Å². The lowest BCUT2D eigenvalue weighted by molar-refractivity contribution is -0.0299. The number of fused-ring (bicyclic) bond motifs is 1. The minimum absolute atomic E-state index is 0.0375. The Morgan fingerprint density at radius 2 is 1.86 bits per heavy atom. The van der Waals surface area contributed by atoms with Crippen LogP contribution in [0, 0.1) is 25.6 Å². The van der Waals surface area contributed by atoms with Crippen LogP contribution < -0.4 is 16.1 Å². The molecule has 5 rings (SSSR count). The van der Waals surface area contributed by atoms with Gasteiger partial charge in [0.2, 0.25) is 0 Å². The van der Waals surface area contributed by atoms with E-state index < -0.39 is 28.8 Å². The van der Waals surface area contributed by atoms with Crippen molar-refractivity contribution in [3.63, 3.8) is 0 Å². The van der Waals surface area contributed by atoms with Gasteiger partial charge in [-0.15, -0.1) is 0 Å². The predicted octanol–water partition coefficient (Wildman–Crippen LogP) is 1.49. The molecule has 2 aliphatic carbocycles. The summed E-state index contributed by atoms with van der Waals surface area (Å²) in [7, 11) is 0. The van der Waals surface area contributed by atoms with Crippen molar-refractivity contribution in [1.29, 1.82) is 0 Å². The van der Waals surface area contributed by atoms with E-state index in [1.54, 1.807) is 18.4 Å². The minimum atomic E-state index is -0.993. The van der Waals surface area contributed by atoms with Gasteiger partial charge in [-0.2, -0.15) is 0 Å². The summed E-state index contributed by atoms with van der Waals surface area (Å²) >= 11 is 0. The standard InChI is InChI=1S/C21H26FN3O4/c1-10-14-16(25(13-3-4-13)20(28)23-19(14)27)11(2)17(15(10)22)24-8-5-12(9-24)18(26)21(29)6-7-21/h12-13,18,26,29H,3-9H2,1-2H3,(H,23,27,28). The van der Waals surface area contributed by atoms with E-state index in [0.29, 0.717) is 49.1 Å². The van der Waals surface area contributed by atoms with Crippen LogP contribution in [0.5, 0.6) is 0 Å². The Balaban J connectivity index is 1.64. The summed E-state index contributed by atoms with van der Waals surface area (Å²) in [6.07, 6.45) is 2.77. The number of aliphatic hydroxyl groups is 2. The maximum Gasteiger partial charge on any atom is 0.329 e. The second-order valence-electron chi connectivity index (χ2n) is 9.04. The molecule has 1 saturated heterocycles. The van der Waals surface area contributed by atoms with Crippen molar-refractivity contribution in [2.45, 2.75) is 63.7 Å². The van der Waals surface area contributed by atoms with E-state index in [1.165, 1.54) is 0 Å². The van der Waals surface area contributed by atoms with Crippen LogP contribution in [0.25, 0.3) is 10.9 Å². The first kappa shape index (κ1) is 18.8. The van der Waals surface area contributed by atoms with Crippen molar-refractivity contribution in [3.05, 3.63) is 37.8 Å². The van der Waals surface area contributed by atoms with Gasteiger partial charge < -0.3 is 15.1 Å². The highest BCUT2D eigenvalue weighted by molar-refractivity contribution is 5.90. The number of nitrogens with zero attached hydrogens (tertiary/aromatic N) is 2. The predicted molar refractivity (Wildman–Crippen MR) is 107 cm³/mol. The van der Waals surface area contributed by atoms with E-state index in [9.17, 15) is 19.8 Å². The van der Waals surface area contributed by atoms with Gasteiger partial charge >= 0.3 is 5.69 Å². The van der Waals surface area contributed by atoms with E-state index in [-0.39, 0.29) is 22.9 Å². The summed E-state index contributed by atoms with van der Waals surface area (Å²) in [4.78, 5) is 29.2. The van der Waals surface area contributed by atoms with Gasteiger partial charge in [-0.3, -0.25) is 14.3 Å². The fraction of sp³-hybridized carbons (Fsp3) is 0.619. The summed E-state index contributed by atoms with van der Waals surface area (Å²) in [5, 5.41) is 21.0. The molecular weight excluding hydrogens is 377 g/mol. The van der Waals surface area contributed by atoms with Crippen LogP contribution in [-0.4, -0.2) is 44.6 Å². The first-order chi connectivity index (χ1) is 13.7. The highest BCUT2D eigenvalue weighted by Crippen LogP contribution is 2.45. The molecule has 0 bridgehead atoms. The van der Waals surface area contributed by atoms with Gasteiger partial charge in [0.15, 0.2) is 5.82 Å². The quantitative estimate of drug-likeness (QED) is 0.719. The van der Waals surface area contributed by atoms with E-state index in [0.717, 1.165) is 12.8 Å². The molecule has 2 unspecified atom stereocenters. The zero-order chi connectivity index (χ0) is 20.7. The summed E-state index contributed by atoms with van der Waals surface area (Å²) in [6, 6.07) is 0.0375. The van der Waals surface area contributed by atoms with Crippen molar-refractivity contribution >= 4 is 16.6 Å². The Kier molecular flexibility index (Phi) is 3.99. The van der Waals surface area contributed by atoms with Crippen molar-refractivity contribution in [2.75, 3.05) is 18.0 Å². The number of aromatic amines is 1. The first-order valence-corrected chi connectivity index (χ1v) is 10.4. The normalized spacial score (nSPS) is 24.3. The molecule has 1 aromatic heterocycles. The van der Waals surface area contributed by atoms with Crippen molar-refractivity contribution in [3.8, 4) is 0 Å². The maximum absolute atomic E-state index is 15.5. The van der Waals surface area contributed by atoms with Gasteiger partial charge in [-0.25, -0.2) is 9.18 Å². The molecule has 1 aliphatic heterocycles. The minimum Gasteiger partial charge on any atom is -0.390 e. The first-order valence-electron chi connectivity index (χ1n) is 10.4. The van der Waals surface area contributed by atoms with Crippen LogP contribution in [-0.2, 0) is 0 Å². The van der Waals surface area contributed by atoms with Crippen LogP contribution >= 0.6 is 0 Å².